The van der Waals surface area contributed by atoms with Crippen LogP contribution in [0.25, 0.3) is 0 Å². The Morgan fingerprint density at radius 3 is 2.81 bits per heavy atom. The van der Waals surface area contributed by atoms with Crippen LogP contribution >= 0.6 is 0 Å². The molecule has 0 spiro atoms. The number of sulfone groups is 1. The first-order valence-electron chi connectivity index (χ1n) is 10.6. The second kappa shape index (κ2) is 10.7. The van der Waals surface area contributed by atoms with Crippen molar-refractivity contribution in [2.24, 2.45) is 11.8 Å². The van der Waals surface area contributed by atoms with Crippen molar-refractivity contribution in [2.45, 2.75) is 37.5 Å². The van der Waals surface area contributed by atoms with E-state index in [0.717, 1.165) is 31.6 Å². The fourth-order valence-corrected chi connectivity index (χ4v) is 4.89. The van der Waals surface area contributed by atoms with Gasteiger partial charge in [-0.05, 0) is 73.3 Å². The van der Waals surface area contributed by atoms with Crippen LogP contribution in [-0.2, 0) is 22.1 Å². The number of benzene rings is 1. The lowest BCUT2D eigenvalue weighted by atomic mass is 10.1. The summed E-state index contributed by atoms with van der Waals surface area (Å²) < 4.78 is 32.1. The van der Waals surface area contributed by atoms with Gasteiger partial charge in [0.2, 0.25) is 0 Å². The highest BCUT2D eigenvalue weighted by molar-refractivity contribution is 7.90. The third-order valence-corrected chi connectivity index (χ3v) is 6.75. The first-order chi connectivity index (χ1) is 14.9. The maximum Gasteiger partial charge on any atom is 0.182 e. The molecule has 0 radical (unpaired) electrons. The fourth-order valence-electron chi connectivity index (χ4n) is 3.50. The Bertz CT molecular complexity index is 1030. The Kier molecular flexibility index (Phi) is 8.02. The van der Waals surface area contributed by atoms with E-state index in [1.165, 1.54) is 12.4 Å². The predicted molar refractivity (Wildman–Crippen MR) is 119 cm³/mol. The van der Waals surface area contributed by atoms with Gasteiger partial charge in [0, 0.05) is 18.9 Å². The second-order valence-corrected chi connectivity index (χ2v) is 10.4. The molecule has 166 valence electrons. The maximum atomic E-state index is 13.1. The Morgan fingerprint density at radius 1 is 1.26 bits per heavy atom. The van der Waals surface area contributed by atoms with Gasteiger partial charge in [-0.2, -0.15) is 5.26 Å². The van der Waals surface area contributed by atoms with E-state index in [2.05, 4.69) is 15.6 Å². The molecule has 7 nitrogen and oxygen atoms in total. The van der Waals surface area contributed by atoms with Gasteiger partial charge in [0.1, 0.15) is 11.8 Å². The molecule has 1 atom stereocenters. The highest BCUT2D eigenvalue weighted by Gasteiger charge is 2.19. The molecule has 0 bridgehead atoms. The third-order valence-electron chi connectivity index (χ3n) is 5.09. The molecule has 1 aliphatic heterocycles. The van der Waals surface area contributed by atoms with E-state index in [1.807, 2.05) is 26.0 Å². The Labute approximate surface area is 184 Å². The molecule has 1 saturated heterocycles. The lowest BCUT2D eigenvalue weighted by Gasteiger charge is -2.15. The third kappa shape index (κ3) is 7.03. The van der Waals surface area contributed by atoms with E-state index in [0.29, 0.717) is 41.9 Å². The molecular formula is C23H30N4O3S. The SMILES string of the molecule is CC(C)COc1cc(CNCC2CCNC2)cc(S(=O)(=O)Cc2cncc(C#N)c2)c1. The van der Waals surface area contributed by atoms with Crippen molar-refractivity contribution in [3.8, 4) is 11.8 Å². The Balaban J connectivity index is 1.80. The van der Waals surface area contributed by atoms with Crippen LogP contribution in [0.5, 0.6) is 5.75 Å². The zero-order valence-corrected chi connectivity index (χ0v) is 18.9. The van der Waals surface area contributed by atoms with Gasteiger partial charge in [0.25, 0.3) is 0 Å². The number of rotatable bonds is 10. The molecule has 2 aromatic rings. The molecule has 3 rings (SSSR count). The summed E-state index contributed by atoms with van der Waals surface area (Å²) in [5.74, 6) is 1.27. The van der Waals surface area contributed by atoms with Gasteiger partial charge >= 0.3 is 0 Å². The number of nitrogens with zero attached hydrogens (tertiary/aromatic N) is 2. The summed E-state index contributed by atoms with van der Waals surface area (Å²) in [6, 6.07) is 8.75. The quantitative estimate of drug-likeness (QED) is 0.583. The van der Waals surface area contributed by atoms with E-state index in [9.17, 15) is 8.42 Å². The van der Waals surface area contributed by atoms with Crippen molar-refractivity contribution < 1.29 is 13.2 Å². The van der Waals surface area contributed by atoms with Crippen molar-refractivity contribution >= 4 is 9.84 Å². The van der Waals surface area contributed by atoms with Crippen LogP contribution in [0, 0.1) is 23.2 Å². The molecule has 2 N–H and O–H groups in total. The number of nitrogens with one attached hydrogen (secondary N) is 2. The number of hydrogen-bond donors (Lipinski definition) is 2. The first kappa shape index (κ1) is 23.2. The van der Waals surface area contributed by atoms with Gasteiger partial charge in [0.15, 0.2) is 9.84 Å². The van der Waals surface area contributed by atoms with Crippen LogP contribution in [0.1, 0.15) is 37.0 Å². The summed E-state index contributed by atoms with van der Waals surface area (Å²) in [5, 5.41) is 15.8. The van der Waals surface area contributed by atoms with Crippen molar-refractivity contribution in [2.75, 3.05) is 26.2 Å². The van der Waals surface area contributed by atoms with Crippen molar-refractivity contribution in [1.29, 1.82) is 5.26 Å². The van der Waals surface area contributed by atoms with Crippen LogP contribution < -0.4 is 15.4 Å². The molecule has 8 heteroatoms. The van der Waals surface area contributed by atoms with Gasteiger partial charge in [-0.3, -0.25) is 4.98 Å². The monoisotopic (exact) mass is 442 g/mol. The average molecular weight is 443 g/mol. The molecule has 1 aliphatic rings. The minimum Gasteiger partial charge on any atom is -0.493 e. The normalized spacial score (nSPS) is 16.4. The molecule has 1 aromatic heterocycles. The molecule has 0 saturated carbocycles. The number of ether oxygens (including phenoxy) is 1. The van der Waals surface area contributed by atoms with Crippen molar-refractivity contribution in [3.63, 3.8) is 0 Å². The van der Waals surface area contributed by atoms with Crippen LogP contribution in [0.4, 0.5) is 0 Å². The van der Waals surface area contributed by atoms with Crippen molar-refractivity contribution in [3.05, 3.63) is 53.3 Å². The standard InChI is InChI=1S/C23H30N4O3S/c1-17(2)15-30-22-6-19(12-26-11-18-3-4-25-10-18)7-23(8-22)31(28,29)16-21-5-20(9-24)13-27-14-21/h5-8,13-14,17-18,25-26H,3-4,10-12,15-16H2,1-2H3. The summed E-state index contributed by atoms with van der Waals surface area (Å²) in [5.41, 5.74) is 1.70. The van der Waals surface area contributed by atoms with Crippen LogP contribution in [0.3, 0.4) is 0 Å². The summed E-state index contributed by atoms with van der Waals surface area (Å²) in [6.45, 7) is 8.14. The van der Waals surface area contributed by atoms with E-state index in [-0.39, 0.29) is 10.6 Å². The summed E-state index contributed by atoms with van der Waals surface area (Å²) in [4.78, 5) is 4.19. The minimum atomic E-state index is -3.63. The molecule has 0 amide bonds. The van der Waals surface area contributed by atoms with E-state index in [1.54, 1.807) is 18.2 Å². The molecule has 1 unspecified atom stereocenters. The van der Waals surface area contributed by atoms with Crippen LogP contribution in [0.15, 0.2) is 41.6 Å². The summed E-state index contributed by atoms with van der Waals surface area (Å²) in [6.07, 6.45) is 4.05. The van der Waals surface area contributed by atoms with Crippen molar-refractivity contribution in [1.82, 2.24) is 15.6 Å². The lowest BCUT2D eigenvalue weighted by molar-refractivity contribution is 0.270. The zero-order valence-electron chi connectivity index (χ0n) is 18.1. The highest BCUT2D eigenvalue weighted by Crippen LogP contribution is 2.25. The van der Waals surface area contributed by atoms with Gasteiger partial charge in [-0.15, -0.1) is 0 Å². The van der Waals surface area contributed by atoms with Gasteiger partial charge < -0.3 is 15.4 Å². The van der Waals surface area contributed by atoms with Crippen LogP contribution in [-0.4, -0.2) is 39.6 Å². The van der Waals surface area contributed by atoms with E-state index >= 15 is 0 Å². The fraction of sp³-hybridized carbons (Fsp3) is 0.478. The summed E-state index contributed by atoms with van der Waals surface area (Å²) >= 11 is 0. The van der Waals surface area contributed by atoms with Gasteiger partial charge in [-0.1, -0.05) is 13.8 Å². The highest BCUT2D eigenvalue weighted by atomic mass is 32.2. The van der Waals surface area contributed by atoms with E-state index in [4.69, 9.17) is 10.00 Å². The van der Waals surface area contributed by atoms with E-state index < -0.39 is 9.84 Å². The molecule has 0 aliphatic carbocycles. The molecule has 2 heterocycles. The number of pyridine rings is 1. The Hall–Kier alpha value is -2.47. The molecular weight excluding hydrogens is 412 g/mol. The topological polar surface area (TPSA) is 104 Å². The summed E-state index contributed by atoms with van der Waals surface area (Å²) in [7, 11) is -3.63. The number of aromatic nitrogens is 1. The van der Waals surface area contributed by atoms with Crippen LogP contribution in [0.2, 0.25) is 0 Å². The molecule has 1 aromatic carbocycles. The average Bonchev–Trinajstić information content (AvgIpc) is 3.25. The zero-order chi connectivity index (χ0) is 22.3. The second-order valence-electron chi connectivity index (χ2n) is 8.46. The first-order valence-corrected chi connectivity index (χ1v) is 12.3. The number of hydrogen-bond acceptors (Lipinski definition) is 7. The molecule has 1 fully saturated rings. The van der Waals surface area contributed by atoms with Gasteiger partial charge in [-0.25, -0.2) is 8.42 Å². The molecule has 31 heavy (non-hydrogen) atoms. The predicted octanol–water partition coefficient (Wildman–Crippen LogP) is 2.66. The largest absolute Gasteiger partial charge is 0.493 e. The number of nitriles is 1. The van der Waals surface area contributed by atoms with Gasteiger partial charge in [0.05, 0.1) is 22.8 Å². The smallest absolute Gasteiger partial charge is 0.182 e. The Morgan fingerprint density at radius 2 is 2.10 bits per heavy atom. The lowest BCUT2D eigenvalue weighted by Crippen LogP contribution is -2.24. The minimum absolute atomic E-state index is 0.218. The maximum absolute atomic E-state index is 13.1.